The van der Waals surface area contributed by atoms with Gasteiger partial charge in [0, 0.05) is 12.6 Å². The van der Waals surface area contributed by atoms with Gasteiger partial charge >= 0.3 is 0 Å². The Morgan fingerprint density at radius 3 is 2.08 bits per heavy atom. The van der Waals surface area contributed by atoms with Crippen LogP contribution in [0.5, 0.6) is 0 Å². The van der Waals surface area contributed by atoms with E-state index < -0.39 is 0 Å². The molecule has 0 aromatic rings. The van der Waals surface area contributed by atoms with Crippen LogP contribution in [0.25, 0.3) is 0 Å². The lowest BCUT2D eigenvalue weighted by Crippen LogP contribution is -2.51. The summed E-state index contributed by atoms with van der Waals surface area (Å²) in [6, 6.07) is 0.428. The highest BCUT2D eigenvalue weighted by Crippen LogP contribution is 2.20. The van der Waals surface area contributed by atoms with E-state index in [0.717, 1.165) is 13.2 Å². The summed E-state index contributed by atoms with van der Waals surface area (Å²) in [4.78, 5) is 0. The van der Waals surface area contributed by atoms with Crippen LogP contribution in [0.15, 0.2) is 0 Å². The maximum absolute atomic E-state index is 5.74. The Balaban J connectivity index is 4.32. The van der Waals surface area contributed by atoms with E-state index in [4.69, 9.17) is 4.74 Å². The van der Waals surface area contributed by atoms with Gasteiger partial charge in [-0.15, -0.1) is 0 Å². The van der Waals surface area contributed by atoms with Gasteiger partial charge in [-0.3, -0.25) is 0 Å². The van der Waals surface area contributed by atoms with E-state index in [1.165, 1.54) is 0 Å². The lowest BCUT2D eigenvalue weighted by Gasteiger charge is -2.37. The zero-order chi connectivity index (χ0) is 10.5. The van der Waals surface area contributed by atoms with Gasteiger partial charge in [0.25, 0.3) is 0 Å². The minimum Gasteiger partial charge on any atom is -0.374 e. The van der Waals surface area contributed by atoms with Crippen molar-refractivity contribution in [3.05, 3.63) is 0 Å². The van der Waals surface area contributed by atoms with Gasteiger partial charge in [-0.25, -0.2) is 0 Å². The van der Waals surface area contributed by atoms with Gasteiger partial charge in [-0.2, -0.15) is 0 Å². The Bertz CT molecular complexity index is 132. The van der Waals surface area contributed by atoms with Crippen molar-refractivity contribution in [2.24, 2.45) is 5.92 Å². The molecule has 2 heteroatoms. The first-order valence-corrected chi connectivity index (χ1v) is 5.33. The van der Waals surface area contributed by atoms with Crippen molar-refractivity contribution in [3.8, 4) is 0 Å². The van der Waals surface area contributed by atoms with Crippen molar-refractivity contribution in [2.45, 2.75) is 53.2 Å². The molecule has 0 aromatic heterocycles. The Labute approximate surface area is 83.1 Å². The standard InChI is InChI=1S/C11H25NO/c1-7-12-10(9(3)4)11(5,6)13-8-2/h9-10,12H,7-8H2,1-6H3. The molecule has 0 aliphatic carbocycles. The molecule has 0 bridgehead atoms. The van der Waals surface area contributed by atoms with Crippen LogP contribution in [-0.2, 0) is 4.74 Å². The van der Waals surface area contributed by atoms with Gasteiger partial charge in [0.2, 0.25) is 0 Å². The molecule has 2 nitrogen and oxygen atoms in total. The summed E-state index contributed by atoms with van der Waals surface area (Å²) >= 11 is 0. The highest BCUT2D eigenvalue weighted by atomic mass is 16.5. The van der Waals surface area contributed by atoms with Gasteiger partial charge in [0.1, 0.15) is 0 Å². The first-order chi connectivity index (χ1) is 5.95. The quantitative estimate of drug-likeness (QED) is 0.689. The molecule has 0 amide bonds. The summed E-state index contributed by atoms with van der Waals surface area (Å²) < 4.78 is 5.74. The van der Waals surface area contributed by atoms with Gasteiger partial charge in [0.15, 0.2) is 0 Å². The molecule has 0 aliphatic rings. The Morgan fingerprint density at radius 2 is 1.77 bits per heavy atom. The Kier molecular flexibility index (Phi) is 5.57. The van der Waals surface area contributed by atoms with E-state index in [1.807, 2.05) is 6.92 Å². The van der Waals surface area contributed by atoms with Crippen molar-refractivity contribution in [3.63, 3.8) is 0 Å². The third-order valence-corrected chi connectivity index (χ3v) is 2.36. The third kappa shape index (κ3) is 4.10. The van der Waals surface area contributed by atoms with Crippen molar-refractivity contribution in [1.82, 2.24) is 5.32 Å². The van der Waals surface area contributed by atoms with E-state index in [1.54, 1.807) is 0 Å². The topological polar surface area (TPSA) is 21.3 Å². The smallest absolute Gasteiger partial charge is 0.0781 e. The lowest BCUT2D eigenvalue weighted by atomic mass is 9.89. The van der Waals surface area contributed by atoms with Crippen LogP contribution in [0.1, 0.15) is 41.5 Å². The van der Waals surface area contributed by atoms with Crippen LogP contribution in [-0.4, -0.2) is 24.8 Å². The van der Waals surface area contributed by atoms with E-state index in [0.29, 0.717) is 12.0 Å². The van der Waals surface area contributed by atoms with Crippen molar-refractivity contribution >= 4 is 0 Å². The average molecular weight is 187 g/mol. The van der Waals surface area contributed by atoms with Gasteiger partial charge in [-0.1, -0.05) is 20.8 Å². The van der Waals surface area contributed by atoms with Gasteiger partial charge < -0.3 is 10.1 Å². The van der Waals surface area contributed by atoms with Crippen LogP contribution in [0.4, 0.5) is 0 Å². The molecule has 1 N–H and O–H groups in total. The second kappa shape index (κ2) is 5.61. The van der Waals surface area contributed by atoms with Crippen molar-refractivity contribution < 1.29 is 4.74 Å². The van der Waals surface area contributed by atoms with Crippen molar-refractivity contribution in [1.29, 1.82) is 0 Å². The summed E-state index contributed by atoms with van der Waals surface area (Å²) in [6.07, 6.45) is 0. The highest BCUT2D eigenvalue weighted by molar-refractivity contribution is 4.87. The van der Waals surface area contributed by atoms with E-state index in [2.05, 4.69) is 39.9 Å². The molecule has 0 spiro atoms. The van der Waals surface area contributed by atoms with E-state index >= 15 is 0 Å². The molecule has 0 heterocycles. The summed E-state index contributed by atoms with van der Waals surface area (Å²) in [5.74, 6) is 0.599. The van der Waals surface area contributed by atoms with Crippen LogP contribution in [0.2, 0.25) is 0 Å². The molecular formula is C11H25NO. The molecule has 1 atom stereocenters. The number of ether oxygens (including phenoxy) is 1. The maximum Gasteiger partial charge on any atom is 0.0781 e. The van der Waals surface area contributed by atoms with Crippen LogP contribution in [0, 0.1) is 5.92 Å². The minimum absolute atomic E-state index is 0.0705. The fourth-order valence-corrected chi connectivity index (χ4v) is 1.97. The van der Waals surface area contributed by atoms with E-state index in [-0.39, 0.29) is 5.60 Å². The Hall–Kier alpha value is -0.0800. The maximum atomic E-state index is 5.74. The first-order valence-electron chi connectivity index (χ1n) is 5.33. The molecule has 0 saturated heterocycles. The fraction of sp³-hybridized carbons (Fsp3) is 1.00. The molecule has 0 aromatic carbocycles. The molecule has 0 saturated carbocycles. The third-order valence-electron chi connectivity index (χ3n) is 2.36. The Morgan fingerprint density at radius 1 is 1.23 bits per heavy atom. The summed E-state index contributed by atoms with van der Waals surface area (Å²) in [5.41, 5.74) is -0.0705. The normalized spacial score (nSPS) is 15.0. The predicted molar refractivity (Wildman–Crippen MR) is 58.0 cm³/mol. The second-order valence-electron chi connectivity index (χ2n) is 4.32. The number of nitrogens with one attached hydrogen (secondary N) is 1. The number of likely N-dealkylation sites (N-methyl/N-ethyl adjacent to an activating group) is 1. The first kappa shape index (κ1) is 12.9. The molecule has 0 radical (unpaired) electrons. The second-order valence-corrected chi connectivity index (χ2v) is 4.32. The average Bonchev–Trinajstić information content (AvgIpc) is 1.99. The summed E-state index contributed by atoms with van der Waals surface area (Å²) in [7, 11) is 0. The summed E-state index contributed by atoms with van der Waals surface area (Å²) in [5, 5.41) is 3.48. The zero-order valence-electron chi connectivity index (χ0n) is 9.98. The van der Waals surface area contributed by atoms with E-state index in [9.17, 15) is 0 Å². The summed E-state index contributed by atoms with van der Waals surface area (Å²) in [6.45, 7) is 14.7. The largest absolute Gasteiger partial charge is 0.374 e. The fourth-order valence-electron chi connectivity index (χ4n) is 1.97. The molecule has 80 valence electrons. The van der Waals surface area contributed by atoms with Crippen molar-refractivity contribution in [2.75, 3.05) is 13.2 Å². The molecule has 0 aliphatic heterocycles. The molecular weight excluding hydrogens is 162 g/mol. The number of rotatable bonds is 6. The molecule has 0 rings (SSSR count). The van der Waals surface area contributed by atoms with Crippen LogP contribution < -0.4 is 5.32 Å². The van der Waals surface area contributed by atoms with Gasteiger partial charge in [-0.05, 0) is 33.2 Å². The molecule has 1 unspecified atom stereocenters. The SMILES string of the molecule is CCNC(C(C)C)C(C)(C)OCC. The monoisotopic (exact) mass is 187 g/mol. The van der Waals surface area contributed by atoms with Gasteiger partial charge in [0.05, 0.1) is 5.60 Å². The predicted octanol–water partition coefficient (Wildman–Crippen LogP) is 2.44. The number of hydrogen-bond acceptors (Lipinski definition) is 2. The number of hydrogen-bond donors (Lipinski definition) is 1. The highest BCUT2D eigenvalue weighted by Gasteiger charge is 2.31. The zero-order valence-corrected chi connectivity index (χ0v) is 9.98. The van der Waals surface area contributed by atoms with Crippen LogP contribution >= 0.6 is 0 Å². The lowest BCUT2D eigenvalue weighted by molar-refractivity contribution is -0.0489. The molecule has 0 fully saturated rings. The minimum atomic E-state index is -0.0705. The van der Waals surface area contributed by atoms with Crippen LogP contribution in [0.3, 0.4) is 0 Å². The molecule has 13 heavy (non-hydrogen) atoms.